The van der Waals surface area contributed by atoms with Gasteiger partial charge in [0, 0.05) is 12.5 Å². The number of nitrogens with two attached hydrogens (primary N) is 1. The molecule has 0 radical (unpaired) electrons. The van der Waals surface area contributed by atoms with Crippen LogP contribution in [0.1, 0.15) is 38.5 Å². The highest BCUT2D eigenvalue weighted by Gasteiger charge is 2.44. The molecule has 2 N–H and O–H groups in total. The number of carbonyl (C=O) groups excluding carboxylic acids is 1. The molecule has 3 atom stereocenters. The minimum atomic E-state index is 0.208. The molecular weight excluding hydrogens is 188 g/mol. The predicted octanol–water partition coefficient (Wildman–Crippen LogP) is 1.53. The highest BCUT2D eigenvalue weighted by Crippen LogP contribution is 2.50. The van der Waals surface area contributed by atoms with Crippen LogP contribution in [0, 0.1) is 23.7 Å². The van der Waals surface area contributed by atoms with Crippen LogP contribution in [0.4, 0.5) is 0 Å². The van der Waals surface area contributed by atoms with Gasteiger partial charge in [0.1, 0.15) is 0 Å². The van der Waals surface area contributed by atoms with Crippen molar-refractivity contribution in [1.29, 1.82) is 0 Å². The molecular formula is C12H20N2O. The Bertz CT molecular complexity index is 267. The molecule has 15 heavy (non-hydrogen) atoms. The number of amides is 1. The van der Waals surface area contributed by atoms with E-state index in [4.69, 9.17) is 5.84 Å². The van der Waals surface area contributed by atoms with Gasteiger partial charge in [-0.2, -0.15) is 0 Å². The molecule has 3 nitrogen and oxygen atoms in total. The maximum Gasteiger partial charge on any atom is 0.239 e. The van der Waals surface area contributed by atoms with Crippen molar-refractivity contribution >= 4 is 5.91 Å². The first-order valence-electron chi connectivity index (χ1n) is 6.32. The van der Waals surface area contributed by atoms with E-state index < -0.39 is 0 Å². The number of carbonyl (C=O) groups is 1. The Kier molecular flexibility index (Phi) is 2.23. The van der Waals surface area contributed by atoms with E-state index in [1.54, 1.807) is 0 Å². The number of hydrazine groups is 1. The van der Waals surface area contributed by atoms with Gasteiger partial charge in [-0.1, -0.05) is 19.3 Å². The second kappa shape index (κ2) is 3.48. The molecule has 1 amide bonds. The molecule has 1 aliphatic heterocycles. The van der Waals surface area contributed by atoms with Crippen LogP contribution >= 0.6 is 0 Å². The molecule has 0 spiro atoms. The molecule has 3 unspecified atom stereocenters. The average Bonchev–Trinajstić information content (AvgIpc) is 2.82. The summed E-state index contributed by atoms with van der Waals surface area (Å²) in [7, 11) is 0. The number of hydrogen-bond donors (Lipinski definition) is 1. The van der Waals surface area contributed by atoms with Gasteiger partial charge in [-0.3, -0.25) is 9.80 Å². The Hall–Kier alpha value is -0.570. The van der Waals surface area contributed by atoms with E-state index in [2.05, 4.69) is 0 Å². The van der Waals surface area contributed by atoms with Crippen LogP contribution in [-0.4, -0.2) is 17.5 Å². The van der Waals surface area contributed by atoms with Crippen molar-refractivity contribution < 1.29 is 4.79 Å². The lowest BCUT2D eigenvalue weighted by Gasteiger charge is -2.17. The first-order valence-corrected chi connectivity index (χ1v) is 6.32. The predicted molar refractivity (Wildman–Crippen MR) is 57.6 cm³/mol. The van der Waals surface area contributed by atoms with Gasteiger partial charge in [0.25, 0.3) is 0 Å². The van der Waals surface area contributed by atoms with Crippen LogP contribution in [0.25, 0.3) is 0 Å². The smallest absolute Gasteiger partial charge is 0.239 e. The molecule has 0 bridgehead atoms. The van der Waals surface area contributed by atoms with Gasteiger partial charge < -0.3 is 0 Å². The van der Waals surface area contributed by atoms with Crippen molar-refractivity contribution in [3.05, 3.63) is 0 Å². The van der Waals surface area contributed by atoms with Gasteiger partial charge in [0.15, 0.2) is 0 Å². The van der Waals surface area contributed by atoms with Crippen molar-refractivity contribution in [1.82, 2.24) is 5.01 Å². The molecule has 84 valence electrons. The summed E-state index contributed by atoms with van der Waals surface area (Å²) < 4.78 is 0. The monoisotopic (exact) mass is 208 g/mol. The topological polar surface area (TPSA) is 46.3 Å². The Balaban J connectivity index is 1.67. The maximum absolute atomic E-state index is 11.8. The zero-order valence-electron chi connectivity index (χ0n) is 9.19. The van der Waals surface area contributed by atoms with Crippen molar-refractivity contribution in [3.8, 4) is 0 Å². The molecule has 0 aromatic heterocycles. The Morgan fingerprint density at radius 2 is 1.73 bits per heavy atom. The standard InChI is InChI=1S/C12H20N2O/c13-14-5-4-11(12(14)15)10-6-8-2-1-3-9(8)7-10/h8-11H,1-7,13H2. The molecule has 3 fully saturated rings. The normalized spacial score (nSPS) is 45.1. The quantitative estimate of drug-likeness (QED) is 0.525. The van der Waals surface area contributed by atoms with Crippen LogP contribution in [-0.2, 0) is 4.79 Å². The van der Waals surface area contributed by atoms with Crippen molar-refractivity contribution in [2.24, 2.45) is 29.5 Å². The van der Waals surface area contributed by atoms with Crippen LogP contribution in [0.15, 0.2) is 0 Å². The second-order valence-corrected chi connectivity index (χ2v) is 5.61. The van der Waals surface area contributed by atoms with Crippen LogP contribution < -0.4 is 5.84 Å². The summed E-state index contributed by atoms with van der Waals surface area (Å²) in [5.74, 6) is 8.64. The van der Waals surface area contributed by atoms with E-state index in [1.807, 2.05) is 0 Å². The van der Waals surface area contributed by atoms with Gasteiger partial charge >= 0.3 is 0 Å². The first-order chi connectivity index (χ1) is 7.25. The first kappa shape index (κ1) is 9.64. The number of rotatable bonds is 1. The summed E-state index contributed by atoms with van der Waals surface area (Å²) in [5, 5.41) is 1.43. The highest BCUT2D eigenvalue weighted by molar-refractivity contribution is 5.80. The summed E-state index contributed by atoms with van der Waals surface area (Å²) >= 11 is 0. The van der Waals surface area contributed by atoms with E-state index in [-0.39, 0.29) is 11.8 Å². The van der Waals surface area contributed by atoms with E-state index in [0.717, 1.165) is 24.8 Å². The molecule has 2 aliphatic carbocycles. The second-order valence-electron chi connectivity index (χ2n) is 5.61. The number of fused-ring (bicyclic) bond motifs is 1. The third kappa shape index (κ3) is 1.48. The van der Waals surface area contributed by atoms with Crippen LogP contribution in [0.3, 0.4) is 0 Å². The Labute approximate surface area is 91.0 Å². The third-order valence-electron chi connectivity index (χ3n) is 4.88. The van der Waals surface area contributed by atoms with E-state index >= 15 is 0 Å². The fourth-order valence-electron chi connectivity index (χ4n) is 4.10. The van der Waals surface area contributed by atoms with Crippen molar-refractivity contribution in [3.63, 3.8) is 0 Å². The van der Waals surface area contributed by atoms with E-state index in [0.29, 0.717) is 5.92 Å². The lowest BCUT2D eigenvalue weighted by atomic mass is 9.87. The lowest BCUT2D eigenvalue weighted by molar-refractivity contribution is -0.132. The third-order valence-corrected chi connectivity index (χ3v) is 4.88. The molecule has 3 heteroatoms. The molecule has 2 saturated carbocycles. The molecule has 3 aliphatic rings. The average molecular weight is 208 g/mol. The SMILES string of the molecule is NN1CCC(C2CC3CCCC3C2)C1=O. The molecule has 1 saturated heterocycles. The highest BCUT2D eigenvalue weighted by atomic mass is 16.2. The fraction of sp³-hybridized carbons (Fsp3) is 0.917. The summed E-state index contributed by atoms with van der Waals surface area (Å²) in [5.41, 5.74) is 0. The van der Waals surface area contributed by atoms with E-state index in [1.165, 1.54) is 37.1 Å². The molecule has 0 aromatic rings. The van der Waals surface area contributed by atoms with Crippen LogP contribution in [0.2, 0.25) is 0 Å². The summed E-state index contributed by atoms with van der Waals surface area (Å²) in [6.45, 7) is 0.773. The zero-order valence-corrected chi connectivity index (χ0v) is 9.19. The zero-order chi connectivity index (χ0) is 10.4. The van der Waals surface area contributed by atoms with Gasteiger partial charge in [0.05, 0.1) is 0 Å². The fourth-order valence-corrected chi connectivity index (χ4v) is 4.10. The summed E-state index contributed by atoms with van der Waals surface area (Å²) in [4.78, 5) is 11.8. The summed E-state index contributed by atoms with van der Waals surface area (Å²) in [6.07, 6.45) is 7.84. The van der Waals surface area contributed by atoms with Crippen molar-refractivity contribution in [2.45, 2.75) is 38.5 Å². The van der Waals surface area contributed by atoms with Gasteiger partial charge in [-0.15, -0.1) is 0 Å². The van der Waals surface area contributed by atoms with Gasteiger partial charge in [-0.05, 0) is 37.0 Å². The largest absolute Gasteiger partial charge is 0.280 e. The van der Waals surface area contributed by atoms with Crippen molar-refractivity contribution in [2.75, 3.05) is 6.54 Å². The molecule has 0 aromatic carbocycles. The van der Waals surface area contributed by atoms with Gasteiger partial charge in [0.2, 0.25) is 5.91 Å². The van der Waals surface area contributed by atoms with Crippen LogP contribution in [0.5, 0.6) is 0 Å². The lowest BCUT2D eigenvalue weighted by Crippen LogP contribution is -2.35. The number of hydrogen-bond acceptors (Lipinski definition) is 2. The summed E-state index contributed by atoms with van der Waals surface area (Å²) in [6, 6.07) is 0. The molecule has 3 rings (SSSR count). The Morgan fingerprint density at radius 1 is 1.07 bits per heavy atom. The minimum Gasteiger partial charge on any atom is -0.280 e. The Morgan fingerprint density at radius 3 is 2.27 bits per heavy atom. The molecule has 1 heterocycles. The minimum absolute atomic E-state index is 0.208. The number of nitrogens with zero attached hydrogens (tertiary/aromatic N) is 1. The van der Waals surface area contributed by atoms with Gasteiger partial charge in [-0.25, -0.2) is 5.84 Å². The maximum atomic E-state index is 11.8. The van der Waals surface area contributed by atoms with E-state index in [9.17, 15) is 4.79 Å².